The van der Waals surface area contributed by atoms with Gasteiger partial charge in [-0.2, -0.15) is 0 Å². The number of fused-ring (bicyclic) bond motifs is 1. The van der Waals surface area contributed by atoms with Crippen molar-refractivity contribution in [1.29, 1.82) is 0 Å². The largest absolute Gasteiger partial charge is 0.337 e. The molecule has 0 aromatic carbocycles. The van der Waals surface area contributed by atoms with Gasteiger partial charge in [0.25, 0.3) is 5.91 Å². The molecule has 1 saturated heterocycles. The van der Waals surface area contributed by atoms with Crippen LogP contribution in [0.5, 0.6) is 0 Å². The van der Waals surface area contributed by atoms with Crippen LogP contribution in [0.2, 0.25) is 0 Å². The molecule has 0 unspecified atom stereocenters. The first-order valence-electron chi connectivity index (χ1n) is 8.12. The fourth-order valence-electron chi connectivity index (χ4n) is 3.37. The van der Waals surface area contributed by atoms with Gasteiger partial charge in [0.1, 0.15) is 17.0 Å². The van der Waals surface area contributed by atoms with Crippen LogP contribution in [-0.4, -0.2) is 43.2 Å². The van der Waals surface area contributed by atoms with Gasteiger partial charge in [0.05, 0.1) is 22.9 Å². The number of hydrogen-bond donors (Lipinski definition) is 0. The van der Waals surface area contributed by atoms with Crippen molar-refractivity contribution in [3.05, 3.63) is 46.2 Å². The summed E-state index contributed by atoms with van der Waals surface area (Å²) in [5.74, 6) is 1.30. The Kier molecular flexibility index (Phi) is 3.80. The summed E-state index contributed by atoms with van der Waals surface area (Å²) >= 11 is 1.42. The Morgan fingerprint density at radius 2 is 2.25 bits per heavy atom. The third-order valence-electron chi connectivity index (χ3n) is 4.67. The highest BCUT2D eigenvalue weighted by Gasteiger charge is 2.28. The minimum Gasteiger partial charge on any atom is -0.337 e. The third-order valence-corrected chi connectivity index (χ3v) is 5.59. The molecule has 0 spiro atoms. The number of carbonyl (C=O) groups excluding carboxylic acids is 1. The molecule has 3 aromatic heterocycles. The van der Waals surface area contributed by atoms with E-state index >= 15 is 0 Å². The van der Waals surface area contributed by atoms with Gasteiger partial charge in [0, 0.05) is 24.7 Å². The van der Waals surface area contributed by atoms with E-state index in [2.05, 4.69) is 16.0 Å². The van der Waals surface area contributed by atoms with Crippen molar-refractivity contribution in [2.45, 2.75) is 32.6 Å². The molecule has 6 nitrogen and oxygen atoms in total. The summed E-state index contributed by atoms with van der Waals surface area (Å²) in [5, 5.41) is 0. The fourth-order valence-corrected chi connectivity index (χ4v) is 4.14. The first-order chi connectivity index (χ1) is 11.6. The molecule has 7 heteroatoms. The number of imidazole rings is 1. The van der Waals surface area contributed by atoms with E-state index in [0.29, 0.717) is 6.54 Å². The number of nitrogens with zero attached hydrogens (tertiary/aromatic N) is 5. The molecule has 24 heavy (non-hydrogen) atoms. The third kappa shape index (κ3) is 2.58. The first kappa shape index (κ1) is 15.3. The normalized spacial score (nSPS) is 18.2. The standard InChI is InChI=1S/C17H19N5OS/c1-11-16(24-10-19-11)17(23)21-5-3-4-13(8-21)15-6-14-7-18-9-22(14)12(2)20-15/h6-7,9-10,13H,3-5,8H2,1-2H3/t13-/m0/s1. The maximum atomic E-state index is 12.8. The first-order valence-corrected chi connectivity index (χ1v) is 9.00. The van der Waals surface area contributed by atoms with Crippen LogP contribution in [-0.2, 0) is 0 Å². The van der Waals surface area contributed by atoms with Gasteiger partial charge in [-0.3, -0.25) is 9.20 Å². The van der Waals surface area contributed by atoms with Crippen molar-refractivity contribution < 1.29 is 4.79 Å². The van der Waals surface area contributed by atoms with Gasteiger partial charge in [-0.05, 0) is 32.8 Å². The Labute approximate surface area is 144 Å². The molecule has 1 aliphatic rings. The quantitative estimate of drug-likeness (QED) is 0.719. The number of hydrogen-bond acceptors (Lipinski definition) is 5. The van der Waals surface area contributed by atoms with Gasteiger partial charge in [-0.25, -0.2) is 15.0 Å². The molecular weight excluding hydrogens is 322 g/mol. The molecule has 4 rings (SSSR count). The number of aromatic nitrogens is 4. The summed E-state index contributed by atoms with van der Waals surface area (Å²) < 4.78 is 1.98. The summed E-state index contributed by atoms with van der Waals surface area (Å²) in [4.78, 5) is 28.6. The van der Waals surface area contributed by atoms with E-state index in [4.69, 9.17) is 4.98 Å². The lowest BCUT2D eigenvalue weighted by atomic mass is 9.94. The number of rotatable bonds is 2. The lowest BCUT2D eigenvalue weighted by Crippen LogP contribution is -2.39. The van der Waals surface area contributed by atoms with Crippen molar-refractivity contribution >= 4 is 22.8 Å². The van der Waals surface area contributed by atoms with E-state index < -0.39 is 0 Å². The van der Waals surface area contributed by atoms with Crippen LogP contribution in [0.1, 0.15) is 45.6 Å². The SMILES string of the molecule is Cc1ncsc1C(=O)N1CCC[C@H](c2cc3cncn3c(C)n2)C1. The van der Waals surface area contributed by atoms with E-state index in [-0.39, 0.29) is 11.8 Å². The van der Waals surface area contributed by atoms with Crippen LogP contribution >= 0.6 is 11.3 Å². The Morgan fingerprint density at radius 1 is 1.38 bits per heavy atom. The summed E-state index contributed by atoms with van der Waals surface area (Å²) in [6, 6.07) is 2.09. The molecule has 4 heterocycles. The van der Waals surface area contributed by atoms with E-state index in [0.717, 1.165) is 47.0 Å². The van der Waals surface area contributed by atoms with Crippen LogP contribution in [0.15, 0.2) is 24.1 Å². The maximum Gasteiger partial charge on any atom is 0.265 e. The number of likely N-dealkylation sites (tertiary alicyclic amines) is 1. The van der Waals surface area contributed by atoms with E-state index in [1.165, 1.54) is 11.3 Å². The van der Waals surface area contributed by atoms with Crippen LogP contribution in [0.4, 0.5) is 0 Å². The van der Waals surface area contributed by atoms with Crippen LogP contribution in [0.25, 0.3) is 5.52 Å². The summed E-state index contributed by atoms with van der Waals surface area (Å²) in [7, 11) is 0. The number of thiazole rings is 1. The molecule has 0 aliphatic carbocycles. The van der Waals surface area contributed by atoms with Crippen molar-refractivity contribution in [1.82, 2.24) is 24.3 Å². The average molecular weight is 341 g/mol. The minimum atomic E-state index is 0.0989. The highest BCUT2D eigenvalue weighted by atomic mass is 32.1. The summed E-state index contributed by atoms with van der Waals surface area (Å²) in [6.45, 7) is 5.40. The van der Waals surface area contributed by atoms with Crippen molar-refractivity contribution in [2.75, 3.05) is 13.1 Å². The van der Waals surface area contributed by atoms with Crippen LogP contribution in [0, 0.1) is 13.8 Å². The van der Waals surface area contributed by atoms with Gasteiger partial charge in [0.2, 0.25) is 0 Å². The monoisotopic (exact) mass is 341 g/mol. The van der Waals surface area contributed by atoms with Crippen molar-refractivity contribution in [3.63, 3.8) is 0 Å². The Morgan fingerprint density at radius 3 is 3.04 bits per heavy atom. The molecule has 1 aliphatic heterocycles. The molecular formula is C17H19N5OS. The predicted molar refractivity (Wildman–Crippen MR) is 92.5 cm³/mol. The fraction of sp³-hybridized carbons (Fsp3) is 0.412. The molecule has 0 N–H and O–H groups in total. The smallest absolute Gasteiger partial charge is 0.265 e. The summed E-state index contributed by atoms with van der Waals surface area (Å²) in [5.41, 5.74) is 4.67. The Bertz CT molecular complexity index is 899. The maximum absolute atomic E-state index is 12.8. The van der Waals surface area contributed by atoms with Crippen molar-refractivity contribution in [2.24, 2.45) is 0 Å². The Hall–Kier alpha value is -2.28. The second-order valence-corrected chi connectivity index (χ2v) is 7.13. The molecule has 1 amide bonds. The average Bonchev–Trinajstić information content (AvgIpc) is 3.23. The highest BCUT2D eigenvalue weighted by molar-refractivity contribution is 7.11. The zero-order valence-electron chi connectivity index (χ0n) is 13.8. The Balaban J connectivity index is 1.60. The zero-order chi connectivity index (χ0) is 16.7. The lowest BCUT2D eigenvalue weighted by Gasteiger charge is -2.32. The van der Waals surface area contributed by atoms with Gasteiger partial charge < -0.3 is 4.90 Å². The molecule has 0 bridgehead atoms. The minimum absolute atomic E-state index is 0.0989. The van der Waals surface area contributed by atoms with Crippen LogP contribution < -0.4 is 0 Å². The highest BCUT2D eigenvalue weighted by Crippen LogP contribution is 2.28. The number of piperidine rings is 1. The molecule has 1 atom stereocenters. The predicted octanol–water partition coefficient (Wildman–Crippen LogP) is 2.82. The molecule has 1 fully saturated rings. The molecule has 124 valence electrons. The number of amides is 1. The molecule has 0 saturated carbocycles. The second kappa shape index (κ2) is 5.98. The lowest BCUT2D eigenvalue weighted by molar-refractivity contribution is 0.0710. The van der Waals surface area contributed by atoms with Gasteiger partial charge in [0.15, 0.2) is 0 Å². The molecule has 3 aromatic rings. The number of aryl methyl sites for hydroxylation is 2. The van der Waals surface area contributed by atoms with E-state index in [9.17, 15) is 4.79 Å². The van der Waals surface area contributed by atoms with Crippen LogP contribution in [0.3, 0.4) is 0 Å². The van der Waals surface area contributed by atoms with Gasteiger partial charge in [-0.15, -0.1) is 11.3 Å². The second-order valence-electron chi connectivity index (χ2n) is 6.27. The molecule has 0 radical (unpaired) electrons. The van der Waals surface area contributed by atoms with Gasteiger partial charge in [-0.1, -0.05) is 0 Å². The van der Waals surface area contributed by atoms with Crippen molar-refractivity contribution in [3.8, 4) is 0 Å². The van der Waals surface area contributed by atoms with E-state index in [1.54, 1.807) is 11.8 Å². The number of carbonyl (C=O) groups is 1. The topological polar surface area (TPSA) is 63.4 Å². The summed E-state index contributed by atoms with van der Waals surface area (Å²) in [6.07, 6.45) is 5.69. The van der Waals surface area contributed by atoms with Gasteiger partial charge >= 0.3 is 0 Å². The van der Waals surface area contributed by atoms with E-state index in [1.807, 2.05) is 29.3 Å². The zero-order valence-corrected chi connectivity index (χ0v) is 14.6.